The first kappa shape index (κ1) is 15.4. The number of rotatable bonds is 7. The van der Waals surface area contributed by atoms with Crippen molar-refractivity contribution in [2.45, 2.75) is 13.3 Å². The van der Waals surface area contributed by atoms with E-state index < -0.39 is 9.84 Å². The topological polar surface area (TPSA) is 88.2 Å². The van der Waals surface area contributed by atoms with E-state index in [1.165, 1.54) is 6.26 Å². The Hall–Kier alpha value is -1.63. The molecule has 0 aliphatic heterocycles. The highest BCUT2D eigenvalue weighted by Crippen LogP contribution is 2.06. The van der Waals surface area contributed by atoms with Crippen LogP contribution in [-0.4, -0.2) is 44.4 Å². The second kappa shape index (κ2) is 7.08. The number of amides is 1. The Morgan fingerprint density at radius 3 is 2.79 bits per heavy atom. The van der Waals surface area contributed by atoms with Crippen LogP contribution in [-0.2, 0) is 9.84 Å². The molecule has 1 rings (SSSR count). The third-order valence-corrected chi connectivity index (χ3v) is 3.39. The molecule has 2 N–H and O–H groups in total. The van der Waals surface area contributed by atoms with Crippen LogP contribution in [0.15, 0.2) is 18.3 Å². The highest BCUT2D eigenvalue weighted by atomic mass is 32.2. The molecule has 0 radical (unpaired) electrons. The van der Waals surface area contributed by atoms with Crippen molar-refractivity contribution in [3.05, 3.63) is 23.9 Å². The van der Waals surface area contributed by atoms with Crippen LogP contribution in [0.25, 0.3) is 0 Å². The molecule has 1 amide bonds. The second-order valence-electron chi connectivity index (χ2n) is 4.20. The van der Waals surface area contributed by atoms with E-state index in [1.807, 2.05) is 6.92 Å². The molecule has 6 nitrogen and oxygen atoms in total. The Balaban J connectivity index is 2.47. The van der Waals surface area contributed by atoms with E-state index in [0.29, 0.717) is 24.3 Å². The zero-order valence-electron chi connectivity index (χ0n) is 11.1. The fraction of sp³-hybridized carbons (Fsp3) is 0.500. The van der Waals surface area contributed by atoms with Crippen molar-refractivity contribution in [3.8, 4) is 0 Å². The molecule has 0 saturated heterocycles. The van der Waals surface area contributed by atoms with Crippen molar-refractivity contribution in [3.63, 3.8) is 0 Å². The lowest BCUT2D eigenvalue weighted by molar-refractivity contribution is 0.0953. The minimum atomic E-state index is -2.97. The minimum Gasteiger partial charge on any atom is -0.370 e. The van der Waals surface area contributed by atoms with Gasteiger partial charge in [-0.2, -0.15) is 0 Å². The molecule has 0 unspecified atom stereocenters. The van der Waals surface area contributed by atoms with Gasteiger partial charge in [0.25, 0.3) is 5.91 Å². The number of carbonyl (C=O) groups excluding carboxylic acids is 1. The first-order valence-corrected chi connectivity index (χ1v) is 8.14. The predicted octanol–water partition coefficient (Wildman–Crippen LogP) is 0.678. The van der Waals surface area contributed by atoms with E-state index in [0.717, 1.165) is 6.54 Å². The van der Waals surface area contributed by atoms with Crippen LogP contribution in [0, 0.1) is 0 Å². The SMILES string of the molecule is CCNc1cc(C(=O)NCCCS(C)(=O)=O)ccn1. The van der Waals surface area contributed by atoms with Gasteiger partial charge in [-0.25, -0.2) is 13.4 Å². The average Bonchev–Trinajstić information content (AvgIpc) is 2.34. The molecule has 19 heavy (non-hydrogen) atoms. The molecule has 1 heterocycles. The first-order chi connectivity index (χ1) is 8.92. The van der Waals surface area contributed by atoms with Crippen molar-refractivity contribution < 1.29 is 13.2 Å². The fourth-order valence-corrected chi connectivity index (χ4v) is 2.16. The van der Waals surface area contributed by atoms with Gasteiger partial charge in [0, 0.05) is 31.1 Å². The van der Waals surface area contributed by atoms with Gasteiger partial charge in [-0.15, -0.1) is 0 Å². The molecule has 7 heteroatoms. The molecule has 106 valence electrons. The summed E-state index contributed by atoms with van der Waals surface area (Å²) in [6, 6.07) is 3.28. The number of sulfone groups is 1. The monoisotopic (exact) mass is 285 g/mol. The molecule has 1 aromatic heterocycles. The zero-order chi connectivity index (χ0) is 14.3. The maximum absolute atomic E-state index is 11.8. The summed E-state index contributed by atoms with van der Waals surface area (Å²) in [5.41, 5.74) is 0.505. The zero-order valence-corrected chi connectivity index (χ0v) is 12.0. The van der Waals surface area contributed by atoms with Crippen LogP contribution < -0.4 is 10.6 Å². The maximum atomic E-state index is 11.8. The summed E-state index contributed by atoms with van der Waals surface area (Å²) in [4.78, 5) is 15.9. The van der Waals surface area contributed by atoms with Gasteiger partial charge < -0.3 is 10.6 Å². The number of nitrogens with zero attached hydrogens (tertiary/aromatic N) is 1. The number of hydrogen-bond acceptors (Lipinski definition) is 5. The van der Waals surface area contributed by atoms with Crippen molar-refractivity contribution in [1.29, 1.82) is 0 Å². The van der Waals surface area contributed by atoms with Gasteiger partial charge in [0.15, 0.2) is 0 Å². The summed E-state index contributed by atoms with van der Waals surface area (Å²) in [5.74, 6) is 0.494. The Kier molecular flexibility index (Phi) is 5.75. The van der Waals surface area contributed by atoms with Gasteiger partial charge in [0.05, 0.1) is 5.75 Å². The number of pyridine rings is 1. The molecule has 0 atom stereocenters. The van der Waals surface area contributed by atoms with E-state index in [1.54, 1.807) is 18.3 Å². The molecular weight excluding hydrogens is 266 g/mol. The molecule has 0 aliphatic rings. The molecule has 0 saturated carbocycles. The Morgan fingerprint density at radius 1 is 1.42 bits per heavy atom. The Morgan fingerprint density at radius 2 is 2.16 bits per heavy atom. The van der Waals surface area contributed by atoms with Crippen LogP contribution in [0.4, 0.5) is 5.82 Å². The van der Waals surface area contributed by atoms with Gasteiger partial charge >= 0.3 is 0 Å². The van der Waals surface area contributed by atoms with E-state index in [-0.39, 0.29) is 11.7 Å². The van der Waals surface area contributed by atoms with Crippen LogP contribution in [0.2, 0.25) is 0 Å². The first-order valence-electron chi connectivity index (χ1n) is 6.08. The van der Waals surface area contributed by atoms with Crippen LogP contribution in [0.3, 0.4) is 0 Å². The quantitative estimate of drug-likeness (QED) is 0.719. The van der Waals surface area contributed by atoms with Gasteiger partial charge in [0.1, 0.15) is 15.7 Å². The van der Waals surface area contributed by atoms with Gasteiger partial charge in [-0.1, -0.05) is 0 Å². The van der Waals surface area contributed by atoms with Crippen LogP contribution in [0.1, 0.15) is 23.7 Å². The maximum Gasteiger partial charge on any atom is 0.251 e. The third-order valence-electron chi connectivity index (χ3n) is 2.36. The lowest BCUT2D eigenvalue weighted by Crippen LogP contribution is -2.26. The van der Waals surface area contributed by atoms with Crippen LogP contribution >= 0.6 is 0 Å². The summed E-state index contributed by atoms with van der Waals surface area (Å²) in [7, 11) is -2.97. The van der Waals surface area contributed by atoms with E-state index in [4.69, 9.17) is 0 Å². The highest BCUT2D eigenvalue weighted by Gasteiger charge is 2.07. The normalized spacial score (nSPS) is 11.1. The molecule has 0 spiro atoms. The van der Waals surface area contributed by atoms with Crippen molar-refractivity contribution in [1.82, 2.24) is 10.3 Å². The summed E-state index contributed by atoms with van der Waals surface area (Å²) in [6.45, 7) is 3.01. The fourth-order valence-electron chi connectivity index (χ4n) is 1.49. The molecule has 0 bridgehead atoms. The van der Waals surface area contributed by atoms with Gasteiger partial charge in [0.2, 0.25) is 0 Å². The van der Waals surface area contributed by atoms with Gasteiger partial charge in [-0.05, 0) is 25.5 Å². The summed E-state index contributed by atoms with van der Waals surface area (Å²) < 4.78 is 21.9. The summed E-state index contributed by atoms with van der Waals surface area (Å²) >= 11 is 0. The molecule has 0 aromatic carbocycles. The molecule has 0 aliphatic carbocycles. The molecular formula is C12H19N3O3S. The number of aromatic nitrogens is 1. The lowest BCUT2D eigenvalue weighted by atomic mass is 10.2. The largest absolute Gasteiger partial charge is 0.370 e. The van der Waals surface area contributed by atoms with Crippen molar-refractivity contribution >= 4 is 21.6 Å². The summed E-state index contributed by atoms with van der Waals surface area (Å²) in [5, 5.41) is 5.70. The average molecular weight is 285 g/mol. The molecule has 1 aromatic rings. The second-order valence-corrected chi connectivity index (χ2v) is 6.46. The van der Waals surface area contributed by atoms with E-state index >= 15 is 0 Å². The lowest BCUT2D eigenvalue weighted by Gasteiger charge is -2.06. The minimum absolute atomic E-state index is 0.0757. The third kappa shape index (κ3) is 6.19. The van der Waals surface area contributed by atoms with E-state index in [9.17, 15) is 13.2 Å². The number of anilines is 1. The number of hydrogen-bond donors (Lipinski definition) is 2. The van der Waals surface area contributed by atoms with Crippen molar-refractivity contribution in [2.24, 2.45) is 0 Å². The van der Waals surface area contributed by atoms with Crippen molar-refractivity contribution in [2.75, 3.05) is 30.4 Å². The summed E-state index contributed by atoms with van der Waals surface area (Å²) in [6.07, 6.45) is 3.15. The standard InChI is InChI=1S/C12H19N3O3S/c1-3-13-11-9-10(5-7-14-11)12(16)15-6-4-8-19(2,17)18/h5,7,9H,3-4,6,8H2,1-2H3,(H,13,14)(H,15,16). The predicted molar refractivity (Wildman–Crippen MR) is 75.1 cm³/mol. The van der Waals surface area contributed by atoms with Gasteiger partial charge in [-0.3, -0.25) is 4.79 Å². The smallest absolute Gasteiger partial charge is 0.251 e. The van der Waals surface area contributed by atoms with E-state index in [2.05, 4.69) is 15.6 Å². The Labute approximate surface area is 113 Å². The van der Waals surface area contributed by atoms with Crippen LogP contribution in [0.5, 0.6) is 0 Å². The number of nitrogens with one attached hydrogen (secondary N) is 2. The molecule has 0 fully saturated rings. The highest BCUT2D eigenvalue weighted by molar-refractivity contribution is 7.90. The number of carbonyl (C=O) groups is 1. The Bertz CT molecular complexity index is 529.